The molecular weight excluding hydrogens is 330 g/mol. The highest BCUT2D eigenvalue weighted by atomic mass is 35.5. The quantitative estimate of drug-likeness (QED) is 0.907. The zero-order valence-electron chi connectivity index (χ0n) is 12.9. The summed E-state index contributed by atoms with van der Waals surface area (Å²) in [6.45, 7) is 1.33. The maximum absolute atomic E-state index is 12.6. The molecular formula is C18H16ClNO4. The lowest BCUT2D eigenvalue weighted by molar-refractivity contribution is -0.121. The van der Waals surface area contributed by atoms with E-state index in [1.807, 2.05) is 24.3 Å². The number of rotatable bonds is 2. The van der Waals surface area contributed by atoms with Crippen molar-refractivity contribution < 1.29 is 19.0 Å². The van der Waals surface area contributed by atoms with E-state index < -0.39 is 0 Å². The molecule has 1 atom stereocenters. The summed E-state index contributed by atoms with van der Waals surface area (Å²) in [5.74, 6) is 1.65. The van der Waals surface area contributed by atoms with E-state index in [4.69, 9.17) is 25.8 Å². The Balaban J connectivity index is 1.51. The molecule has 4 rings (SSSR count). The maximum atomic E-state index is 12.6. The molecule has 0 radical (unpaired) electrons. The van der Waals surface area contributed by atoms with Gasteiger partial charge in [-0.1, -0.05) is 29.8 Å². The maximum Gasteiger partial charge on any atom is 0.231 e. The number of benzene rings is 2. The van der Waals surface area contributed by atoms with Gasteiger partial charge in [0.2, 0.25) is 5.91 Å². The van der Waals surface area contributed by atoms with E-state index in [1.165, 1.54) is 0 Å². The SMILES string of the molecule is O=C(Nc1cc2c(cc1Cl)OCCO2)C1COc2ccccc2C1. The third kappa shape index (κ3) is 2.87. The van der Waals surface area contributed by atoms with Gasteiger partial charge in [-0.2, -0.15) is 0 Å². The summed E-state index contributed by atoms with van der Waals surface area (Å²) in [5.41, 5.74) is 1.56. The summed E-state index contributed by atoms with van der Waals surface area (Å²) < 4.78 is 16.7. The highest BCUT2D eigenvalue weighted by Crippen LogP contribution is 2.38. The van der Waals surface area contributed by atoms with Crippen LogP contribution in [0.3, 0.4) is 0 Å². The highest BCUT2D eigenvalue weighted by Gasteiger charge is 2.27. The number of hydrogen-bond acceptors (Lipinski definition) is 4. The van der Waals surface area contributed by atoms with Crippen molar-refractivity contribution in [1.82, 2.24) is 0 Å². The lowest BCUT2D eigenvalue weighted by Gasteiger charge is -2.25. The van der Waals surface area contributed by atoms with Crippen LogP contribution in [0.5, 0.6) is 17.2 Å². The molecule has 2 aromatic carbocycles. The smallest absolute Gasteiger partial charge is 0.231 e. The second-order valence-electron chi connectivity index (χ2n) is 5.78. The Bertz CT molecular complexity index is 793. The van der Waals surface area contributed by atoms with Crippen molar-refractivity contribution in [3.8, 4) is 17.2 Å². The van der Waals surface area contributed by atoms with E-state index in [0.29, 0.717) is 48.5 Å². The first kappa shape index (κ1) is 15.1. The molecule has 2 heterocycles. The molecule has 0 fully saturated rings. The van der Waals surface area contributed by atoms with Crippen LogP contribution < -0.4 is 19.5 Å². The Morgan fingerprint density at radius 1 is 1.04 bits per heavy atom. The van der Waals surface area contributed by atoms with Crippen molar-refractivity contribution in [2.24, 2.45) is 5.92 Å². The number of nitrogens with one attached hydrogen (secondary N) is 1. The van der Waals surface area contributed by atoms with Crippen molar-refractivity contribution in [3.63, 3.8) is 0 Å². The zero-order chi connectivity index (χ0) is 16.5. The van der Waals surface area contributed by atoms with Gasteiger partial charge in [0.25, 0.3) is 0 Å². The minimum absolute atomic E-state index is 0.122. The molecule has 0 bridgehead atoms. The molecule has 2 aromatic rings. The third-order valence-electron chi connectivity index (χ3n) is 4.14. The van der Waals surface area contributed by atoms with Crippen molar-refractivity contribution in [1.29, 1.82) is 0 Å². The molecule has 1 N–H and O–H groups in total. The first-order valence-electron chi connectivity index (χ1n) is 7.81. The van der Waals surface area contributed by atoms with Crippen LogP contribution in [0.2, 0.25) is 5.02 Å². The average molecular weight is 346 g/mol. The Morgan fingerprint density at radius 2 is 1.79 bits per heavy atom. The largest absolute Gasteiger partial charge is 0.492 e. The van der Waals surface area contributed by atoms with E-state index in [0.717, 1.165) is 11.3 Å². The molecule has 6 heteroatoms. The molecule has 2 aliphatic rings. The number of carbonyl (C=O) groups is 1. The molecule has 0 aromatic heterocycles. The number of carbonyl (C=O) groups excluding carboxylic acids is 1. The Kier molecular flexibility index (Phi) is 3.94. The molecule has 124 valence electrons. The number of para-hydroxylation sites is 1. The van der Waals surface area contributed by atoms with Crippen LogP contribution in [0.4, 0.5) is 5.69 Å². The Hall–Kier alpha value is -2.40. The molecule has 1 unspecified atom stereocenters. The van der Waals surface area contributed by atoms with Crippen molar-refractivity contribution in [2.75, 3.05) is 25.1 Å². The summed E-state index contributed by atoms with van der Waals surface area (Å²) in [4.78, 5) is 12.6. The molecule has 5 nitrogen and oxygen atoms in total. The molecule has 0 saturated heterocycles. The van der Waals surface area contributed by atoms with E-state index >= 15 is 0 Å². The summed E-state index contributed by atoms with van der Waals surface area (Å²) in [5, 5.41) is 3.30. The normalized spacial score (nSPS) is 18.3. The number of hydrogen-bond donors (Lipinski definition) is 1. The predicted molar refractivity (Wildman–Crippen MR) is 90.2 cm³/mol. The summed E-state index contributed by atoms with van der Waals surface area (Å²) in [6, 6.07) is 11.1. The van der Waals surface area contributed by atoms with Gasteiger partial charge in [-0.15, -0.1) is 0 Å². The average Bonchev–Trinajstić information content (AvgIpc) is 2.62. The van der Waals surface area contributed by atoms with Gasteiger partial charge in [0.15, 0.2) is 11.5 Å². The minimum Gasteiger partial charge on any atom is -0.492 e. The van der Waals surface area contributed by atoms with Gasteiger partial charge in [0, 0.05) is 12.1 Å². The van der Waals surface area contributed by atoms with Gasteiger partial charge in [-0.05, 0) is 18.1 Å². The third-order valence-corrected chi connectivity index (χ3v) is 4.45. The van der Waals surface area contributed by atoms with E-state index in [-0.39, 0.29) is 11.8 Å². The van der Waals surface area contributed by atoms with Crippen LogP contribution in [0, 0.1) is 5.92 Å². The number of amides is 1. The van der Waals surface area contributed by atoms with Gasteiger partial charge in [-0.3, -0.25) is 4.79 Å². The molecule has 0 aliphatic carbocycles. The standard InChI is InChI=1S/C18H16ClNO4/c19-13-8-16-17(23-6-5-22-16)9-14(13)20-18(21)12-7-11-3-1-2-4-15(11)24-10-12/h1-4,8-9,12H,5-7,10H2,(H,20,21). The van der Waals surface area contributed by atoms with Gasteiger partial charge >= 0.3 is 0 Å². The van der Waals surface area contributed by atoms with Crippen LogP contribution in [0.15, 0.2) is 36.4 Å². The van der Waals surface area contributed by atoms with Gasteiger partial charge in [-0.25, -0.2) is 0 Å². The number of halogens is 1. The molecule has 1 amide bonds. The molecule has 24 heavy (non-hydrogen) atoms. The monoisotopic (exact) mass is 345 g/mol. The zero-order valence-corrected chi connectivity index (χ0v) is 13.6. The topological polar surface area (TPSA) is 56.8 Å². The van der Waals surface area contributed by atoms with E-state index in [2.05, 4.69) is 5.32 Å². The Labute approximate surface area is 144 Å². The van der Waals surface area contributed by atoms with Gasteiger partial charge in [0.1, 0.15) is 25.6 Å². The fraction of sp³-hybridized carbons (Fsp3) is 0.278. The summed E-state index contributed by atoms with van der Waals surface area (Å²) in [7, 11) is 0. The second-order valence-corrected chi connectivity index (χ2v) is 6.19. The van der Waals surface area contributed by atoms with E-state index in [9.17, 15) is 4.79 Å². The summed E-state index contributed by atoms with van der Waals surface area (Å²) in [6.07, 6.45) is 0.643. The van der Waals surface area contributed by atoms with Crippen LogP contribution in [0.25, 0.3) is 0 Å². The van der Waals surface area contributed by atoms with Gasteiger partial charge < -0.3 is 19.5 Å². The van der Waals surface area contributed by atoms with E-state index in [1.54, 1.807) is 12.1 Å². The predicted octanol–water partition coefficient (Wildman–Crippen LogP) is 3.30. The molecule has 0 saturated carbocycles. The first-order chi connectivity index (χ1) is 11.7. The van der Waals surface area contributed by atoms with Crippen molar-refractivity contribution in [3.05, 3.63) is 47.0 Å². The Morgan fingerprint density at radius 3 is 2.62 bits per heavy atom. The first-order valence-corrected chi connectivity index (χ1v) is 8.19. The number of fused-ring (bicyclic) bond motifs is 2. The van der Waals surface area contributed by atoms with Crippen LogP contribution in [0.1, 0.15) is 5.56 Å². The fourth-order valence-electron chi connectivity index (χ4n) is 2.89. The number of anilines is 1. The number of ether oxygens (including phenoxy) is 3. The van der Waals surface area contributed by atoms with Crippen LogP contribution >= 0.6 is 11.6 Å². The lowest BCUT2D eigenvalue weighted by Crippen LogP contribution is -2.32. The highest BCUT2D eigenvalue weighted by molar-refractivity contribution is 6.34. The van der Waals surface area contributed by atoms with Crippen LogP contribution in [-0.4, -0.2) is 25.7 Å². The second kappa shape index (κ2) is 6.24. The molecule has 2 aliphatic heterocycles. The fourth-order valence-corrected chi connectivity index (χ4v) is 3.09. The lowest BCUT2D eigenvalue weighted by atomic mass is 9.96. The van der Waals surface area contributed by atoms with Crippen LogP contribution in [-0.2, 0) is 11.2 Å². The molecule has 0 spiro atoms. The van der Waals surface area contributed by atoms with Gasteiger partial charge in [0.05, 0.1) is 16.6 Å². The minimum atomic E-state index is -0.260. The van der Waals surface area contributed by atoms with Crippen molar-refractivity contribution in [2.45, 2.75) is 6.42 Å². The summed E-state index contributed by atoms with van der Waals surface area (Å²) >= 11 is 6.24. The van der Waals surface area contributed by atoms with Crippen molar-refractivity contribution >= 4 is 23.2 Å².